The Morgan fingerprint density at radius 3 is 2.48 bits per heavy atom. The third-order valence-corrected chi connectivity index (χ3v) is 5.42. The highest BCUT2D eigenvalue weighted by molar-refractivity contribution is 8.02. The summed E-state index contributed by atoms with van der Waals surface area (Å²) in [6, 6.07) is 9.26. The predicted molar refractivity (Wildman–Crippen MR) is 107 cm³/mol. The molecule has 2 aromatic carbocycles. The van der Waals surface area contributed by atoms with E-state index < -0.39 is 5.82 Å². The van der Waals surface area contributed by atoms with Gasteiger partial charge in [-0.3, -0.25) is 4.79 Å². The van der Waals surface area contributed by atoms with Gasteiger partial charge in [0.1, 0.15) is 5.82 Å². The molecular weight excluding hydrogens is 380 g/mol. The number of anilines is 1. The number of thioether (sulfide) groups is 1. The number of rotatable bonds is 5. The maximum atomic E-state index is 13.8. The fourth-order valence-corrected chi connectivity index (χ4v) is 3.20. The van der Waals surface area contributed by atoms with Crippen LogP contribution in [0.4, 0.5) is 10.1 Å². The molecule has 0 saturated heterocycles. The number of hydrogen-bond acceptors (Lipinski definition) is 2. The molecule has 6 heteroatoms. The summed E-state index contributed by atoms with van der Waals surface area (Å²) in [5.41, 5.74) is 2.44. The van der Waals surface area contributed by atoms with Crippen molar-refractivity contribution in [3.8, 4) is 11.1 Å². The molecule has 1 amide bonds. The quantitative estimate of drug-likeness (QED) is 0.562. The number of carbonyl (C=O) groups is 1. The molecule has 0 aromatic heterocycles. The molecule has 2 nitrogen and oxygen atoms in total. The summed E-state index contributed by atoms with van der Waals surface area (Å²) in [6.45, 7) is 3.84. The summed E-state index contributed by atoms with van der Waals surface area (Å²) >= 11 is 13.6. The SMILES string of the molecule is CC/C(C(=O)Nc1ccc(F)cc1-c1ccc(Cl)c(Cl)c1)=C(/C)SC. The molecule has 0 unspecified atom stereocenters. The van der Waals surface area contributed by atoms with Gasteiger partial charge in [-0.05, 0) is 60.4 Å². The van der Waals surface area contributed by atoms with Gasteiger partial charge in [0.2, 0.25) is 0 Å². The molecule has 0 spiro atoms. The van der Waals surface area contributed by atoms with Crippen molar-refractivity contribution in [2.45, 2.75) is 20.3 Å². The van der Waals surface area contributed by atoms with Crippen molar-refractivity contribution in [3.05, 3.63) is 62.7 Å². The molecule has 0 aliphatic carbocycles. The Kier molecular flexibility index (Phi) is 6.94. The zero-order valence-electron chi connectivity index (χ0n) is 14.1. The highest BCUT2D eigenvalue weighted by atomic mass is 35.5. The Labute approximate surface area is 161 Å². The maximum absolute atomic E-state index is 13.8. The van der Waals surface area contributed by atoms with Gasteiger partial charge in [-0.15, -0.1) is 11.8 Å². The van der Waals surface area contributed by atoms with Crippen molar-refractivity contribution in [2.24, 2.45) is 0 Å². The van der Waals surface area contributed by atoms with Gasteiger partial charge in [-0.2, -0.15) is 0 Å². The van der Waals surface area contributed by atoms with Gasteiger partial charge in [0.15, 0.2) is 0 Å². The second-order valence-corrected chi connectivity index (χ2v) is 7.20. The van der Waals surface area contributed by atoms with Crippen molar-refractivity contribution in [1.82, 2.24) is 0 Å². The zero-order chi connectivity index (χ0) is 18.6. The van der Waals surface area contributed by atoms with Gasteiger partial charge in [-0.1, -0.05) is 36.2 Å². The van der Waals surface area contributed by atoms with Crippen LogP contribution >= 0.6 is 35.0 Å². The summed E-state index contributed by atoms with van der Waals surface area (Å²) in [6.07, 6.45) is 2.54. The molecule has 2 aromatic rings. The minimum atomic E-state index is -0.398. The molecule has 0 atom stereocenters. The first kappa shape index (κ1) is 19.8. The average Bonchev–Trinajstić information content (AvgIpc) is 2.59. The van der Waals surface area contributed by atoms with Crippen molar-refractivity contribution < 1.29 is 9.18 Å². The summed E-state index contributed by atoms with van der Waals surface area (Å²) in [7, 11) is 0. The lowest BCUT2D eigenvalue weighted by molar-refractivity contribution is -0.113. The van der Waals surface area contributed by atoms with Gasteiger partial charge in [0.25, 0.3) is 5.91 Å². The summed E-state index contributed by atoms with van der Waals surface area (Å²) in [4.78, 5) is 13.6. The van der Waals surface area contributed by atoms with E-state index in [2.05, 4.69) is 5.32 Å². The van der Waals surface area contributed by atoms with E-state index in [4.69, 9.17) is 23.2 Å². The van der Waals surface area contributed by atoms with Crippen LogP contribution in [0.5, 0.6) is 0 Å². The smallest absolute Gasteiger partial charge is 0.252 e. The molecule has 0 bridgehead atoms. The number of allylic oxidation sites excluding steroid dienone is 1. The van der Waals surface area contributed by atoms with Crippen LogP contribution in [0.1, 0.15) is 20.3 Å². The first-order valence-electron chi connectivity index (χ1n) is 7.67. The van der Waals surface area contributed by atoms with Crippen LogP contribution in [0.15, 0.2) is 46.9 Å². The van der Waals surface area contributed by atoms with Crippen LogP contribution in [0.3, 0.4) is 0 Å². The van der Waals surface area contributed by atoms with Gasteiger partial charge < -0.3 is 5.32 Å². The molecule has 0 aliphatic heterocycles. The summed E-state index contributed by atoms with van der Waals surface area (Å²) in [5, 5.41) is 3.67. The standard InChI is InChI=1S/C19H18Cl2FNOS/c1-4-14(11(2)25-3)19(24)23-18-8-6-13(22)10-15(18)12-5-7-16(20)17(21)9-12/h5-10H,4H2,1-3H3,(H,23,24)/b14-11+. The molecule has 2 rings (SSSR count). The van der Waals surface area contributed by atoms with Gasteiger partial charge in [0.05, 0.1) is 10.0 Å². The molecule has 0 aliphatic rings. The molecule has 1 N–H and O–H groups in total. The van der Waals surface area contributed by atoms with E-state index >= 15 is 0 Å². The maximum Gasteiger partial charge on any atom is 0.252 e. The third-order valence-electron chi connectivity index (χ3n) is 3.82. The first-order valence-corrected chi connectivity index (χ1v) is 9.65. The highest BCUT2D eigenvalue weighted by Crippen LogP contribution is 2.34. The number of hydrogen-bond donors (Lipinski definition) is 1. The number of amides is 1. The lowest BCUT2D eigenvalue weighted by Crippen LogP contribution is -2.15. The Hall–Kier alpha value is -1.49. The number of carbonyl (C=O) groups excluding carboxylic acids is 1. The third kappa shape index (κ3) is 4.78. The minimum absolute atomic E-state index is 0.192. The second-order valence-electron chi connectivity index (χ2n) is 5.37. The van der Waals surface area contributed by atoms with Crippen LogP contribution in [0.2, 0.25) is 10.0 Å². The van der Waals surface area contributed by atoms with Crippen molar-refractivity contribution in [2.75, 3.05) is 11.6 Å². The summed E-state index contributed by atoms with van der Waals surface area (Å²) in [5.74, 6) is -0.590. The molecule has 132 valence electrons. The lowest BCUT2D eigenvalue weighted by Gasteiger charge is -2.14. The van der Waals surface area contributed by atoms with Crippen molar-refractivity contribution in [1.29, 1.82) is 0 Å². The van der Waals surface area contributed by atoms with Crippen LogP contribution < -0.4 is 5.32 Å². The Balaban J connectivity index is 2.46. The van der Waals surface area contributed by atoms with Crippen LogP contribution in [0, 0.1) is 5.82 Å². The Morgan fingerprint density at radius 1 is 1.16 bits per heavy atom. The van der Waals surface area contributed by atoms with Crippen molar-refractivity contribution in [3.63, 3.8) is 0 Å². The number of nitrogens with one attached hydrogen (secondary N) is 1. The van der Waals surface area contributed by atoms with Crippen LogP contribution in [-0.2, 0) is 4.79 Å². The molecule has 0 saturated carbocycles. The van der Waals surface area contributed by atoms with E-state index in [1.165, 1.54) is 23.9 Å². The van der Waals surface area contributed by atoms with Gasteiger partial charge in [0, 0.05) is 16.8 Å². The van der Waals surface area contributed by atoms with E-state index in [-0.39, 0.29) is 5.91 Å². The number of benzene rings is 2. The largest absolute Gasteiger partial charge is 0.322 e. The Morgan fingerprint density at radius 2 is 1.88 bits per heavy atom. The molecule has 0 heterocycles. The van der Waals surface area contributed by atoms with E-state index in [9.17, 15) is 9.18 Å². The average molecular weight is 398 g/mol. The predicted octanol–water partition coefficient (Wildman–Crippen LogP) is 6.79. The van der Waals surface area contributed by atoms with Gasteiger partial charge in [-0.25, -0.2) is 4.39 Å². The summed E-state index contributed by atoms with van der Waals surface area (Å²) < 4.78 is 13.8. The topological polar surface area (TPSA) is 29.1 Å². The van der Waals surface area contributed by atoms with Gasteiger partial charge >= 0.3 is 0 Å². The van der Waals surface area contributed by atoms with E-state index in [1.54, 1.807) is 24.3 Å². The van der Waals surface area contributed by atoms with E-state index in [0.29, 0.717) is 38.9 Å². The molecular formula is C19H18Cl2FNOS. The first-order chi connectivity index (χ1) is 11.9. The fourth-order valence-electron chi connectivity index (χ4n) is 2.42. The Bertz CT molecular complexity index is 836. The lowest BCUT2D eigenvalue weighted by atomic mass is 10.0. The normalized spacial score (nSPS) is 11.9. The molecule has 0 fully saturated rings. The van der Waals surface area contributed by atoms with E-state index in [1.807, 2.05) is 20.1 Å². The number of halogens is 3. The van der Waals surface area contributed by atoms with Crippen molar-refractivity contribution >= 4 is 46.6 Å². The second kappa shape index (κ2) is 8.75. The highest BCUT2D eigenvalue weighted by Gasteiger charge is 2.15. The molecule has 25 heavy (non-hydrogen) atoms. The van der Waals surface area contributed by atoms with Crippen LogP contribution in [-0.4, -0.2) is 12.2 Å². The molecule has 0 radical (unpaired) electrons. The minimum Gasteiger partial charge on any atom is -0.322 e. The zero-order valence-corrected chi connectivity index (χ0v) is 16.4. The fraction of sp³-hybridized carbons (Fsp3) is 0.211. The van der Waals surface area contributed by atoms with E-state index in [0.717, 1.165) is 4.91 Å². The van der Waals surface area contributed by atoms with Crippen LogP contribution in [0.25, 0.3) is 11.1 Å². The monoisotopic (exact) mass is 397 g/mol.